The monoisotopic (exact) mass is 409 g/mol. The zero-order valence-corrected chi connectivity index (χ0v) is 16.9. The largest absolute Gasteiger partial charge is 0.438 e. The lowest BCUT2D eigenvalue weighted by Gasteiger charge is -2.39. The van der Waals surface area contributed by atoms with E-state index in [-0.39, 0.29) is 16.3 Å². The van der Waals surface area contributed by atoms with Crippen LogP contribution in [-0.4, -0.2) is 28.2 Å². The first kappa shape index (κ1) is 18.5. The molecule has 148 valence electrons. The third-order valence-corrected chi connectivity index (χ3v) is 6.47. The first-order chi connectivity index (χ1) is 14.0. The molecule has 2 bridgehead atoms. The summed E-state index contributed by atoms with van der Waals surface area (Å²) in [5.74, 6) is 0.855. The molecule has 3 aliphatic rings. The number of piperidine rings is 1. The number of hydrogen-bond donors (Lipinski definition) is 0. The van der Waals surface area contributed by atoms with Crippen molar-refractivity contribution in [3.63, 3.8) is 0 Å². The van der Waals surface area contributed by atoms with Gasteiger partial charge in [-0.1, -0.05) is 23.7 Å². The summed E-state index contributed by atoms with van der Waals surface area (Å²) in [6.45, 7) is 4.73. The number of ether oxygens (including phenoxy) is 1. The maximum atomic E-state index is 14.3. The molecule has 0 unspecified atom stereocenters. The molecule has 0 spiro atoms. The van der Waals surface area contributed by atoms with Crippen molar-refractivity contribution in [2.45, 2.75) is 31.7 Å². The molecule has 2 aromatic carbocycles. The molecule has 3 aromatic rings. The van der Waals surface area contributed by atoms with Gasteiger partial charge in [0.15, 0.2) is 0 Å². The molecule has 29 heavy (non-hydrogen) atoms. The molecule has 3 aliphatic heterocycles. The summed E-state index contributed by atoms with van der Waals surface area (Å²) in [6, 6.07) is 15.1. The molecule has 0 radical (unpaired) electrons. The van der Waals surface area contributed by atoms with Gasteiger partial charge < -0.3 is 4.74 Å². The van der Waals surface area contributed by atoms with E-state index < -0.39 is 0 Å². The fourth-order valence-corrected chi connectivity index (χ4v) is 4.75. The van der Waals surface area contributed by atoms with Gasteiger partial charge in [-0.2, -0.15) is 5.10 Å². The quantitative estimate of drug-likeness (QED) is 0.591. The molecule has 0 N–H and O–H groups in total. The maximum Gasteiger partial charge on any atom is 0.238 e. The first-order valence-corrected chi connectivity index (χ1v) is 10.2. The van der Waals surface area contributed by atoms with Crippen LogP contribution in [0, 0.1) is 12.7 Å². The second kappa shape index (κ2) is 7.08. The highest BCUT2D eigenvalue weighted by Gasteiger charge is 2.42. The summed E-state index contributed by atoms with van der Waals surface area (Å²) in [4.78, 5) is 2.45. The second-order valence-corrected chi connectivity index (χ2v) is 8.33. The van der Waals surface area contributed by atoms with Gasteiger partial charge in [0, 0.05) is 18.0 Å². The number of hydrogen-bond acceptors (Lipinski definition) is 4. The van der Waals surface area contributed by atoms with Crippen molar-refractivity contribution in [3.8, 4) is 11.6 Å². The molecule has 4 nitrogen and oxygen atoms in total. The minimum absolute atomic E-state index is 0.166. The van der Waals surface area contributed by atoms with Crippen molar-refractivity contribution in [1.82, 2.24) is 15.1 Å². The van der Waals surface area contributed by atoms with Gasteiger partial charge in [-0.25, -0.2) is 4.39 Å². The van der Waals surface area contributed by atoms with Crippen molar-refractivity contribution < 1.29 is 9.13 Å². The van der Waals surface area contributed by atoms with Crippen molar-refractivity contribution >= 4 is 11.6 Å². The van der Waals surface area contributed by atoms with Crippen LogP contribution in [0.25, 0.3) is 0 Å². The highest BCUT2D eigenvalue weighted by Crippen LogP contribution is 2.47. The van der Waals surface area contributed by atoms with E-state index in [9.17, 15) is 4.39 Å². The summed E-state index contributed by atoms with van der Waals surface area (Å²) in [5.41, 5.74) is 4.12. The molecule has 0 atom stereocenters. The van der Waals surface area contributed by atoms with Crippen LogP contribution in [0.4, 0.5) is 4.39 Å². The smallest absolute Gasteiger partial charge is 0.238 e. The summed E-state index contributed by atoms with van der Waals surface area (Å²) < 4.78 is 20.2. The van der Waals surface area contributed by atoms with E-state index in [4.69, 9.17) is 16.3 Å². The Hall–Kier alpha value is -2.50. The standard InChI is InChI=1S/C23H21ClFN3O/c1-15-2-7-22(27-26-15)29-18-4-5-19-16(12-18)14-28-10-8-23(19,9-11-28)17-3-6-20(24)21(25)13-17/h2-7,12-13H,8-11,14H2,1H3. The van der Waals surface area contributed by atoms with Crippen LogP contribution in [0.2, 0.25) is 5.02 Å². The van der Waals surface area contributed by atoms with Crippen LogP contribution < -0.4 is 4.74 Å². The van der Waals surface area contributed by atoms with Crippen LogP contribution in [0.1, 0.15) is 35.2 Å². The van der Waals surface area contributed by atoms with Crippen molar-refractivity contribution in [1.29, 1.82) is 0 Å². The van der Waals surface area contributed by atoms with Gasteiger partial charge in [0.2, 0.25) is 5.88 Å². The fourth-order valence-electron chi connectivity index (χ4n) is 4.63. The number of rotatable bonds is 3. The predicted molar refractivity (Wildman–Crippen MR) is 110 cm³/mol. The van der Waals surface area contributed by atoms with Gasteiger partial charge in [0.1, 0.15) is 11.6 Å². The molecule has 6 heteroatoms. The normalized spacial score (nSPS) is 22.8. The zero-order chi connectivity index (χ0) is 20.0. The molecule has 0 amide bonds. The first-order valence-electron chi connectivity index (χ1n) is 9.83. The van der Waals surface area contributed by atoms with Crippen LogP contribution in [0.15, 0.2) is 48.5 Å². The minimum atomic E-state index is -0.357. The summed E-state index contributed by atoms with van der Waals surface area (Å²) in [7, 11) is 0. The Morgan fingerprint density at radius 3 is 2.59 bits per heavy atom. The minimum Gasteiger partial charge on any atom is -0.438 e. The predicted octanol–water partition coefficient (Wildman–Crippen LogP) is 5.27. The Morgan fingerprint density at radius 1 is 1.03 bits per heavy atom. The van der Waals surface area contributed by atoms with Gasteiger partial charge in [0.25, 0.3) is 0 Å². The van der Waals surface area contributed by atoms with Crippen molar-refractivity contribution in [2.75, 3.05) is 13.1 Å². The highest BCUT2D eigenvalue weighted by atomic mass is 35.5. The number of aromatic nitrogens is 2. The van der Waals surface area contributed by atoms with Crippen LogP contribution >= 0.6 is 11.6 Å². The molecule has 1 aromatic heterocycles. The molecule has 0 saturated carbocycles. The lowest BCUT2D eigenvalue weighted by Crippen LogP contribution is -2.39. The van der Waals surface area contributed by atoms with Crippen LogP contribution in [-0.2, 0) is 12.0 Å². The lowest BCUT2D eigenvalue weighted by atomic mass is 9.68. The van der Waals surface area contributed by atoms with Crippen molar-refractivity contribution in [2.24, 2.45) is 0 Å². The number of fused-ring (bicyclic) bond motifs is 2. The molecule has 1 saturated heterocycles. The number of halogens is 2. The molecule has 6 rings (SSSR count). The third-order valence-electron chi connectivity index (χ3n) is 6.16. The Bertz CT molecular complexity index is 1060. The van der Waals surface area contributed by atoms with Crippen LogP contribution in [0.5, 0.6) is 11.6 Å². The summed E-state index contributed by atoms with van der Waals surface area (Å²) in [5, 5.41) is 8.30. The van der Waals surface area contributed by atoms with Gasteiger partial charge in [-0.05, 0) is 79.9 Å². The van der Waals surface area contributed by atoms with E-state index in [2.05, 4.69) is 27.2 Å². The third kappa shape index (κ3) is 3.28. The van der Waals surface area contributed by atoms with E-state index in [0.29, 0.717) is 5.88 Å². The molecule has 1 fully saturated rings. The van der Waals surface area contributed by atoms with Crippen LogP contribution in [0.3, 0.4) is 0 Å². The number of aryl methyl sites for hydroxylation is 1. The number of benzene rings is 2. The Morgan fingerprint density at radius 2 is 1.86 bits per heavy atom. The molecular weight excluding hydrogens is 389 g/mol. The van der Waals surface area contributed by atoms with E-state index in [1.54, 1.807) is 12.1 Å². The van der Waals surface area contributed by atoms with E-state index in [1.165, 1.54) is 11.1 Å². The highest BCUT2D eigenvalue weighted by molar-refractivity contribution is 6.30. The van der Waals surface area contributed by atoms with Gasteiger partial charge in [-0.3, -0.25) is 4.90 Å². The maximum absolute atomic E-state index is 14.3. The zero-order valence-electron chi connectivity index (χ0n) is 16.2. The summed E-state index contributed by atoms with van der Waals surface area (Å²) in [6.07, 6.45) is 1.93. The molecule has 0 aliphatic carbocycles. The van der Waals surface area contributed by atoms with Gasteiger partial charge in [0.05, 0.1) is 10.7 Å². The van der Waals surface area contributed by atoms with E-state index in [0.717, 1.165) is 49.5 Å². The average Bonchev–Trinajstić information content (AvgIpc) is 2.98. The lowest BCUT2D eigenvalue weighted by molar-refractivity contribution is 0.190. The van der Waals surface area contributed by atoms with Gasteiger partial charge >= 0.3 is 0 Å². The molecular formula is C23H21ClFN3O. The van der Waals surface area contributed by atoms with Gasteiger partial charge in [-0.15, -0.1) is 5.10 Å². The SMILES string of the molecule is Cc1ccc(Oc2ccc3c(c2)CN2CCC3(c3ccc(Cl)c(F)c3)CC2)nn1. The van der Waals surface area contributed by atoms with E-state index >= 15 is 0 Å². The van der Waals surface area contributed by atoms with E-state index in [1.807, 2.05) is 31.2 Å². The topological polar surface area (TPSA) is 38.2 Å². The molecule has 4 heterocycles. The Kier molecular flexibility index (Phi) is 4.52. The Balaban J connectivity index is 1.56. The van der Waals surface area contributed by atoms with Crippen molar-refractivity contribution in [3.05, 3.63) is 81.8 Å². The number of nitrogens with zero attached hydrogens (tertiary/aromatic N) is 3. The average molecular weight is 410 g/mol. The fraction of sp³-hybridized carbons (Fsp3) is 0.304. The second-order valence-electron chi connectivity index (χ2n) is 7.92. The Labute approximate surface area is 174 Å². The summed E-state index contributed by atoms with van der Waals surface area (Å²) >= 11 is 5.95.